The first-order valence-electron chi connectivity index (χ1n) is 4.62. The van der Waals surface area contributed by atoms with Crippen molar-refractivity contribution >= 4 is 23.2 Å². The van der Waals surface area contributed by atoms with Crippen molar-refractivity contribution in [2.24, 2.45) is 0 Å². The maximum absolute atomic E-state index is 11.6. The molecule has 1 N–H and O–H groups in total. The second-order valence-corrected chi connectivity index (χ2v) is 3.45. The Kier molecular flexibility index (Phi) is 3.16. The van der Waals surface area contributed by atoms with Gasteiger partial charge < -0.3 is 9.88 Å². The first kappa shape index (κ1) is 10.6. The molecule has 0 saturated heterocycles. The number of hydrogen-bond donors (Lipinski definition) is 1. The van der Waals surface area contributed by atoms with Crippen LogP contribution < -0.4 is 5.32 Å². The van der Waals surface area contributed by atoms with Gasteiger partial charge in [-0.2, -0.15) is 0 Å². The summed E-state index contributed by atoms with van der Waals surface area (Å²) in [5, 5.41) is 2.99. The molecule has 2 aromatic heterocycles. The lowest BCUT2D eigenvalue weighted by atomic mass is 10.4. The maximum Gasteiger partial charge on any atom is 0.244 e. The lowest BCUT2D eigenvalue weighted by Gasteiger charge is -2.05. The Bertz CT molecular complexity index is 483. The predicted molar refractivity (Wildman–Crippen MR) is 60.1 cm³/mol. The first-order chi connectivity index (χ1) is 7.75. The van der Waals surface area contributed by atoms with Crippen molar-refractivity contribution in [3.63, 3.8) is 0 Å². The number of aromatic nitrogens is 3. The SMILES string of the molecule is O=C(Cn1ccnc1Cl)Nc1cccnc1. The highest BCUT2D eigenvalue weighted by atomic mass is 35.5. The molecule has 2 aromatic rings. The van der Waals surface area contributed by atoms with Crippen LogP contribution in [0.1, 0.15) is 0 Å². The number of carbonyl (C=O) groups is 1. The van der Waals surface area contributed by atoms with Crippen molar-refractivity contribution in [2.75, 3.05) is 5.32 Å². The van der Waals surface area contributed by atoms with Crippen LogP contribution in [0.4, 0.5) is 5.69 Å². The van der Waals surface area contributed by atoms with Crippen LogP contribution in [0.15, 0.2) is 36.9 Å². The van der Waals surface area contributed by atoms with Crippen LogP contribution in [0.5, 0.6) is 0 Å². The average molecular weight is 237 g/mol. The van der Waals surface area contributed by atoms with E-state index in [1.54, 1.807) is 41.5 Å². The fourth-order valence-corrected chi connectivity index (χ4v) is 1.39. The van der Waals surface area contributed by atoms with Gasteiger partial charge in [0.25, 0.3) is 0 Å². The third-order valence-electron chi connectivity index (χ3n) is 1.92. The van der Waals surface area contributed by atoms with E-state index >= 15 is 0 Å². The molecule has 2 heterocycles. The number of anilines is 1. The van der Waals surface area contributed by atoms with Crippen LogP contribution in [0.2, 0.25) is 5.28 Å². The lowest BCUT2D eigenvalue weighted by molar-refractivity contribution is -0.116. The zero-order valence-electron chi connectivity index (χ0n) is 8.30. The molecule has 6 heteroatoms. The summed E-state index contributed by atoms with van der Waals surface area (Å²) in [5.41, 5.74) is 0.656. The molecule has 0 unspecified atom stereocenters. The van der Waals surface area contributed by atoms with E-state index in [4.69, 9.17) is 11.6 Å². The molecule has 16 heavy (non-hydrogen) atoms. The summed E-state index contributed by atoms with van der Waals surface area (Å²) in [6, 6.07) is 3.51. The Balaban J connectivity index is 1.98. The van der Waals surface area contributed by atoms with E-state index in [1.165, 1.54) is 0 Å². The van der Waals surface area contributed by atoms with Gasteiger partial charge in [0.15, 0.2) is 0 Å². The Morgan fingerprint density at radius 1 is 1.50 bits per heavy atom. The minimum Gasteiger partial charge on any atom is -0.323 e. The second kappa shape index (κ2) is 4.76. The summed E-state index contributed by atoms with van der Waals surface area (Å²) in [7, 11) is 0. The number of rotatable bonds is 3. The molecule has 0 aliphatic carbocycles. The predicted octanol–water partition coefficient (Wildman–Crippen LogP) is 1.57. The van der Waals surface area contributed by atoms with Crippen LogP contribution in [-0.4, -0.2) is 20.4 Å². The van der Waals surface area contributed by atoms with Crippen LogP contribution in [0.25, 0.3) is 0 Å². The Morgan fingerprint density at radius 2 is 2.38 bits per heavy atom. The van der Waals surface area contributed by atoms with E-state index < -0.39 is 0 Å². The van der Waals surface area contributed by atoms with E-state index in [-0.39, 0.29) is 12.5 Å². The molecule has 0 spiro atoms. The normalized spacial score (nSPS) is 10.1. The van der Waals surface area contributed by atoms with Crippen molar-refractivity contribution in [3.8, 4) is 0 Å². The van der Waals surface area contributed by atoms with Gasteiger partial charge in [-0.25, -0.2) is 4.98 Å². The Labute approximate surface area is 97.1 Å². The standard InChI is InChI=1S/C10H9ClN4O/c11-10-13-4-5-15(10)7-9(16)14-8-2-1-3-12-6-8/h1-6H,7H2,(H,14,16). The third kappa shape index (κ3) is 2.58. The fourth-order valence-electron chi connectivity index (χ4n) is 1.22. The molecule has 0 radical (unpaired) electrons. The van der Waals surface area contributed by atoms with Gasteiger partial charge in [-0.05, 0) is 23.7 Å². The smallest absolute Gasteiger partial charge is 0.244 e. The number of carbonyl (C=O) groups excluding carboxylic acids is 1. The molecule has 5 nitrogen and oxygen atoms in total. The largest absolute Gasteiger partial charge is 0.323 e. The van der Waals surface area contributed by atoms with Crippen molar-refractivity contribution in [1.29, 1.82) is 0 Å². The van der Waals surface area contributed by atoms with Crippen molar-refractivity contribution in [3.05, 3.63) is 42.2 Å². The summed E-state index contributed by atoms with van der Waals surface area (Å²) in [5.74, 6) is -0.173. The Hall–Kier alpha value is -1.88. The van der Waals surface area contributed by atoms with Crippen LogP contribution in [-0.2, 0) is 11.3 Å². The molecular formula is C10H9ClN4O. The number of nitrogens with zero attached hydrogens (tertiary/aromatic N) is 3. The summed E-state index contributed by atoms with van der Waals surface area (Å²) in [6.07, 6.45) is 6.40. The molecule has 0 atom stereocenters. The highest BCUT2D eigenvalue weighted by Crippen LogP contribution is 2.06. The molecule has 0 aliphatic heterocycles. The number of pyridine rings is 1. The zero-order valence-corrected chi connectivity index (χ0v) is 9.05. The number of imidazole rings is 1. The van der Waals surface area contributed by atoms with E-state index in [9.17, 15) is 4.79 Å². The molecule has 82 valence electrons. The number of halogens is 1. The fraction of sp³-hybridized carbons (Fsp3) is 0.100. The average Bonchev–Trinajstić information content (AvgIpc) is 2.66. The monoisotopic (exact) mass is 236 g/mol. The molecule has 0 fully saturated rings. The summed E-state index contributed by atoms with van der Waals surface area (Å²) in [4.78, 5) is 19.3. The second-order valence-electron chi connectivity index (χ2n) is 3.11. The van der Waals surface area contributed by atoms with Crippen molar-refractivity contribution in [2.45, 2.75) is 6.54 Å². The molecular weight excluding hydrogens is 228 g/mol. The van der Waals surface area contributed by atoms with E-state index in [0.29, 0.717) is 11.0 Å². The van der Waals surface area contributed by atoms with Gasteiger partial charge >= 0.3 is 0 Å². The van der Waals surface area contributed by atoms with Crippen LogP contribution >= 0.6 is 11.6 Å². The number of nitrogens with one attached hydrogen (secondary N) is 1. The quantitative estimate of drug-likeness (QED) is 0.880. The lowest BCUT2D eigenvalue weighted by Crippen LogP contribution is -2.18. The number of amides is 1. The topological polar surface area (TPSA) is 59.8 Å². The van der Waals surface area contributed by atoms with Gasteiger partial charge in [-0.15, -0.1) is 0 Å². The highest BCUT2D eigenvalue weighted by molar-refractivity contribution is 6.28. The van der Waals surface area contributed by atoms with Gasteiger partial charge in [0.2, 0.25) is 11.2 Å². The highest BCUT2D eigenvalue weighted by Gasteiger charge is 2.05. The maximum atomic E-state index is 11.6. The van der Waals surface area contributed by atoms with E-state index in [2.05, 4.69) is 15.3 Å². The summed E-state index contributed by atoms with van der Waals surface area (Å²) < 4.78 is 1.55. The molecule has 0 bridgehead atoms. The van der Waals surface area contributed by atoms with E-state index in [1.807, 2.05) is 0 Å². The van der Waals surface area contributed by atoms with Crippen molar-refractivity contribution in [1.82, 2.24) is 14.5 Å². The summed E-state index contributed by atoms with van der Waals surface area (Å²) >= 11 is 5.75. The minimum absolute atomic E-state index is 0.133. The van der Waals surface area contributed by atoms with Gasteiger partial charge in [0.1, 0.15) is 6.54 Å². The van der Waals surface area contributed by atoms with Gasteiger partial charge in [0, 0.05) is 18.6 Å². The zero-order chi connectivity index (χ0) is 11.4. The van der Waals surface area contributed by atoms with Gasteiger partial charge in [-0.3, -0.25) is 9.78 Å². The molecule has 0 saturated carbocycles. The minimum atomic E-state index is -0.173. The Morgan fingerprint density at radius 3 is 3.00 bits per heavy atom. The summed E-state index contributed by atoms with van der Waals surface area (Å²) in [6.45, 7) is 0.133. The van der Waals surface area contributed by atoms with Gasteiger partial charge in [-0.1, -0.05) is 0 Å². The van der Waals surface area contributed by atoms with Gasteiger partial charge in [0.05, 0.1) is 11.9 Å². The van der Waals surface area contributed by atoms with E-state index in [0.717, 1.165) is 0 Å². The first-order valence-corrected chi connectivity index (χ1v) is 5.00. The van der Waals surface area contributed by atoms with Crippen molar-refractivity contribution < 1.29 is 4.79 Å². The molecule has 1 amide bonds. The van der Waals surface area contributed by atoms with Crippen LogP contribution in [0, 0.1) is 0 Å². The molecule has 0 aliphatic rings. The third-order valence-corrected chi connectivity index (χ3v) is 2.24. The molecule has 0 aromatic carbocycles. The van der Waals surface area contributed by atoms with Crippen LogP contribution in [0.3, 0.4) is 0 Å². The number of hydrogen-bond acceptors (Lipinski definition) is 3. The molecule has 2 rings (SSSR count).